The molecule has 1 amide bonds. The van der Waals surface area contributed by atoms with Crippen LogP contribution in [0.3, 0.4) is 0 Å². The number of nitrogens with zero attached hydrogens (tertiary/aromatic N) is 2. The highest BCUT2D eigenvalue weighted by Crippen LogP contribution is 2.26. The van der Waals surface area contributed by atoms with Crippen LogP contribution < -0.4 is 5.32 Å². The number of nitrogens with one attached hydrogen (secondary N) is 1. The van der Waals surface area contributed by atoms with Crippen LogP contribution in [0.1, 0.15) is 28.4 Å². The van der Waals surface area contributed by atoms with Gasteiger partial charge in [-0.25, -0.2) is 0 Å². The number of benzene rings is 2. The molecule has 2 aromatic carbocycles. The Bertz CT molecular complexity index is 856. The summed E-state index contributed by atoms with van der Waals surface area (Å²) < 4.78 is 0.981. The zero-order valence-electron chi connectivity index (χ0n) is 16.9. The van der Waals surface area contributed by atoms with Crippen molar-refractivity contribution in [2.45, 2.75) is 24.9 Å². The molecule has 0 radical (unpaired) electrons. The molecule has 29 heavy (non-hydrogen) atoms. The zero-order chi connectivity index (χ0) is 20.8. The van der Waals surface area contributed by atoms with Gasteiger partial charge in [0.25, 0.3) is 5.91 Å². The van der Waals surface area contributed by atoms with E-state index >= 15 is 0 Å². The molecule has 0 aromatic heterocycles. The summed E-state index contributed by atoms with van der Waals surface area (Å²) in [6, 6.07) is 11.7. The van der Waals surface area contributed by atoms with Gasteiger partial charge in [0.15, 0.2) is 0 Å². The lowest BCUT2D eigenvalue weighted by Crippen LogP contribution is -2.43. The monoisotopic (exact) mass is 495 g/mol. The Kier molecular flexibility index (Phi) is 8.45. The Morgan fingerprint density at radius 3 is 2.59 bits per heavy atom. The van der Waals surface area contributed by atoms with Crippen molar-refractivity contribution in [1.29, 1.82) is 0 Å². The van der Waals surface area contributed by atoms with Gasteiger partial charge < -0.3 is 10.2 Å². The number of rotatable bonds is 7. The van der Waals surface area contributed by atoms with Gasteiger partial charge in [-0.2, -0.15) is 0 Å². The van der Waals surface area contributed by atoms with Crippen molar-refractivity contribution in [3.8, 4) is 0 Å². The first-order valence-electron chi connectivity index (χ1n) is 9.85. The van der Waals surface area contributed by atoms with Gasteiger partial charge in [0.05, 0.1) is 0 Å². The zero-order valence-corrected chi connectivity index (χ0v) is 20.0. The lowest BCUT2D eigenvalue weighted by Gasteiger charge is -2.32. The fraction of sp³-hybridized carbons (Fsp3) is 0.409. The first-order valence-corrected chi connectivity index (χ1v) is 12.0. The summed E-state index contributed by atoms with van der Waals surface area (Å²) in [5.41, 5.74) is 2.91. The minimum Gasteiger partial charge on any atom is -0.348 e. The van der Waals surface area contributed by atoms with Crippen molar-refractivity contribution < 1.29 is 4.79 Å². The van der Waals surface area contributed by atoms with Crippen molar-refractivity contribution in [3.05, 3.63) is 62.6 Å². The van der Waals surface area contributed by atoms with Crippen molar-refractivity contribution in [1.82, 2.24) is 15.1 Å². The maximum Gasteiger partial charge on any atom is 0.251 e. The fourth-order valence-corrected chi connectivity index (χ4v) is 4.81. The van der Waals surface area contributed by atoms with Crippen molar-refractivity contribution in [2.24, 2.45) is 0 Å². The number of carbonyl (C=O) groups excluding carboxylic acids is 1. The van der Waals surface area contributed by atoms with Crippen LogP contribution >= 0.6 is 39.3 Å². The molecule has 1 N–H and O–H groups in total. The second-order valence-electron chi connectivity index (χ2n) is 7.25. The van der Waals surface area contributed by atoms with E-state index in [1.54, 1.807) is 11.8 Å². The Hall–Kier alpha value is -1.05. The smallest absolute Gasteiger partial charge is 0.251 e. The molecule has 4 nitrogen and oxygen atoms in total. The molecule has 0 saturated carbocycles. The topological polar surface area (TPSA) is 35.6 Å². The standard InChI is InChI=1S/C22H27BrClN3OS/c1-3-29-21-7-6-19(24)12-18(21)14-25-22(28)16-4-5-17(20(23)13-16)15-27-10-8-26(2)9-11-27/h4-7,12-13H,3,8-11,14-15H2,1-2H3,(H,25,28). The van der Waals surface area contributed by atoms with E-state index in [0.29, 0.717) is 17.1 Å². The third kappa shape index (κ3) is 6.46. The highest BCUT2D eigenvalue weighted by molar-refractivity contribution is 9.10. The van der Waals surface area contributed by atoms with Gasteiger partial charge >= 0.3 is 0 Å². The second-order valence-corrected chi connectivity index (χ2v) is 9.85. The molecule has 156 valence electrons. The van der Waals surface area contributed by atoms with Gasteiger partial charge in [0.2, 0.25) is 0 Å². The number of halogens is 2. The van der Waals surface area contributed by atoms with E-state index < -0.39 is 0 Å². The van der Waals surface area contributed by atoms with Crippen LogP contribution in [0.25, 0.3) is 0 Å². The van der Waals surface area contributed by atoms with E-state index in [-0.39, 0.29) is 5.91 Å². The quantitative estimate of drug-likeness (QED) is 0.554. The molecule has 2 aromatic rings. The molecule has 0 unspecified atom stereocenters. The summed E-state index contributed by atoms with van der Waals surface area (Å²) in [6.45, 7) is 7.81. The molecule has 0 atom stereocenters. The largest absolute Gasteiger partial charge is 0.348 e. The number of hydrogen-bond donors (Lipinski definition) is 1. The number of carbonyl (C=O) groups is 1. The molecule has 1 aliphatic heterocycles. The molecular weight excluding hydrogens is 470 g/mol. The van der Waals surface area contributed by atoms with E-state index in [9.17, 15) is 4.79 Å². The van der Waals surface area contributed by atoms with Gasteiger partial charge in [0, 0.05) is 59.2 Å². The molecule has 0 aliphatic carbocycles. The molecule has 3 rings (SSSR count). The third-order valence-corrected chi connectivity index (χ3v) is 7.04. The van der Waals surface area contributed by atoms with E-state index in [4.69, 9.17) is 11.6 Å². The Morgan fingerprint density at radius 2 is 1.90 bits per heavy atom. The second kappa shape index (κ2) is 10.8. The van der Waals surface area contributed by atoms with Gasteiger partial charge in [-0.3, -0.25) is 9.69 Å². The van der Waals surface area contributed by atoms with Crippen LogP contribution in [0.4, 0.5) is 0 Å². The molecule has 1 saturated heterocycles. The van der Waals surface area contributed by atoms with E-state index in [0.717, 1.165) is 53.4 Å². The van der Waals surface area contributed by atoms with Gasteiger partial charge in [0.1, 0.15) is 0 Å². The lowest BCUT2D eigenvalue weighted by atomic mass is 10.1. The summed E-state index contributed by atoms with van der Waals surface area (Å²) in [5.74, 6) is 0.897. The van der Waals surface area contributed by atoms with Gasteiger partial charge in [-0.15, -0.1) is 11.8 Å². The third-order valence-electron chi connectivity index (χ3n) is 5.07. The van der Waals surface area contributed by atoms with Crippen molar-refractivity contribution in [2.75, 3.05) is 39.0 Å². The summed E-state index contributed by atoms with van der Waals surface area (Å²) in [4.78, 5) is 18.6. The van der Waals surface area contributed by atoms with Crippen LogP contribution in [0, 0.1) is 0 Å². The summed E-state index contributed by atoms with van der Waals surface area (Å²) in [6.07, 6.45) is 0. The number of hydrogen-bond acceptors (Lipinski definition) is 4. The highest BCUT2D eigenvalue weighted by atomic mass is 79.9. The van der Waals surface area contributed by atoms with Crippen LogP contribution in [0.15, 0.2) is 45.8 Å². The van der Waals surface area contributed by atoms with Crippen LogP contribution in [0.2, 0.25) is 5.02 Å². The summed E-state index contributed by atoms with van der Waals surface area (Å²) in [5, 5.41) is 3.71. The fourth-order valence-electron chi connectivity index (χ4n) is 3.32. The van der Waals surface area contributed by atoms with E-state index in [1.165, 1.54) is 5.56 Å². The van der Waals surface area contributed by atoms with Crippen molar-refractivity contribution in [3.63, 3.8) is 0 Å². The van der Waals surface area contributed by atoms with Crippen LogP contribution in [-0.4, -0.2) is 54.7 Å². The maximum atomic E-state index is 12.7. The number of thioether (sulfide) groups is 1. The average Bonchev–Trinajstić information content (AvgIpc) is 2.71. The Balaban J connectivity index is 1.61. The van der Waals surface area contributed by atoms with Crippen LogP contribution in [0.5, 0.6) is 0 Å². The van der Waals surface area contributed by atoms with Crippen LogP contribution in [-0.2, 0) is 13.1 Å². The molecule has 1 heterocycles. The minimum absolute atomic E-state index is 0.0794. The number of piperazine rings is 1. The highest BCUT2D eigenvalue weighted by Gasteiger charge is 2.16. The summed E-state index contributed by atoms with van der Waals surface area (Å²) >= 11 is 11.5. The summed E-state index contributed by atoms with van der Waals surface area (Å²) in [7, 11) is 2.16. The number of amides is 1. The Morgan fingerprint density at radius 1 is 1.14 bits per heavy atom. The number of likely N-dealkylation sites (N-methyl/N-ethyl adjacent to an activating group) is 1. The first kappa shape index (κ1) is 22.6. The SMILES string of the molecule is CCSc1ccc(Cl)cc1CNC(=O)c1ccc(CN2CCN(C)CC2)c(Br)c1. The average molecular weight is 497 g/mol. The van der Waals surface area contributed by atoms with E-state index in [1.807, 2.05) is 30.3 Å². The molecule has 1 fully saturated rings. The minimum atomic E-state index is -0.0794. The molecule has 0 bridgehead atoms. The normalized spacial score (nSPS) is 15.4. The lowest BCUT2D eigenvalue weighted by molar-refractivity contribution is 0.0950. The van der Waals surface area contributed by atoms with Crippen molar-refractivity contribution >= 4 is 45.2 Å². The molecule has 1 aliphatic rings. The van der Waals surface area contributed by atoms with E-state index in [2.05, 4.69) is 51.1 Å². The Labute approximate surface area is 191 Å². The molecule has 0 spiro atoms. The predicted octanol–water partition coefficient (Wildman–Crippen LogP) is 4.89. The maximum absolute atomic E-state index is 12.7. The molecular formula is C22H27BrClN3OS. The molecule has 7 heteroatoms. The van der Waals surface area contributed by atoms with Gasteiger partial charge in [-0.1, -0.05) is 40.5 Å². The predicted molar refractivity (Wildman–Crippen MR) is 126 cm³/mol. The van der Waals surface area contributed by atoms with Gasteiger partial charge in [-0.05, 0) is 54.3 Å². The first-order chi connectivity index (χ1) is 14.0.